The smallest absolute Gasteiger partial charge is 0.329 e. The van der Waals surface area contributed by atoms with Crippen LogP contribution in [0.15, 0.2) is 70.8 Å². The number of imide groups is 1. The van der Waals surface area contributed by atoms with Crippen LogP contribution >= 0.6 is 39.1 Å². The molecule has 3 aromatic carbocycles. The molecular formula is C25H19BrCl2N2O4. The van der Waals surface area contributed by atoms with Crippen molar-refractivity contribution in [2.75, 3.05) is 7.11 Å². The van der Waals surface area contributed by atoms with E-state index in [2.05, 4.69) is 21.2 Å². The van der Waals surface area contributed by atoms with Crippen LogP contribution in [0.5, 0.6) is 11.5 Å². The van der Waals surface area contributed by atoms with E-state index in [1.54, 1.807) is 36.4 Å². The average Bonchev–Trinajstić information content (AvgIpc) is 3.08. The summed E-state index contributed by atoms with van der Waals surface area (Å²) in [5.74, 6) is 0.533. The number of benzene rings is 3. The number of carbonyl (C=O) groups is 2. The van der Waals surface area contributed by atoms with E-state index in [0.717, 1.165) is 11.1 Å². The van der Waals surface area contributed by atoms with Crippen molar-refractivity contribution in [2.24, 2.45) is 0 Å². The van der Waals surface area contributed by atoms with E-state index in [1.807, 2.05) is 30.3 Å². The van der Waals surface area contributed by atoms with Crippen molar-refractivity contribution in [3.63, 3.8) is 0 Å². The van der Waals surface area contributed by atoms with Crippen LogP contribution < -0.4 is 14.8 Å². The molecule has 0 unspecified atom stereocenters. The molecule has 1 aliphatic heterocycles. The molecule has 1 heterocycles. The number of nitrogens with zero attached hydrogens (tertiary/aromatic N) is 1. The molecule has 0 aliphatic carbocycles. The summed E-state index contributed by atoms with van der Waals surface area (Å²) in [6.45, 7) is 0.398. The molecule has 0 saturated carbocycles. The molecule has 3 amide bonds. The highest BCUT2D eigenvalue weighted by Crippen LogP contribution is 2.36. The molecule has 1 fully saturated rings. The van der Waals surface area contributed by atoms with E-state index in [1.165, 1.54) is 12.0 Å². The first-order chi connectivity index (χ1) is 16.4. The molecule has 3 aromatic rings. The molecule has 6 nitrogen and oxygen atoms in total. The van der Waals surface area contributed by atoms with Crippen LogP contribution in [0.3, 0.4) is 0 Å². The summed E-state index contributed by atoms with van der Waals surface area (Å²) >= 11 is 15.7. The topological polar surface area (TPSA) is 67.9 Å². The highest BCUT2D eigenvalue weighted by Gasteiger charge is 2.33. The van der Waals surface area contributed by atoms with Crippen LogP contribution in [-0.4, -0.2) is 23.9 Å². The first-order valence-corrected chi connectivity index (χ1v) is 11.7. The number of hydrogen-bond donors (Lipinski definition) is 1. The van der Waals surface area contributed by atoms with Crippen molar-refractivity contribution in [1.29, 1.82) is 0 Å². The Morgan fingerprint density at radius 2 is 1.79 bits per heavy atom. The van der Waals surface area contributed by atoms with Gasteiger partial charge in [0.25, 0.3) is 5.91 Å². The van der Waals surface area contributed by atoms with Gasteiger partial charge >= 0.3 is 6.03 Å². The van der Waals surface area contributed by atoms with Crippen molar-refractivity contribution in [3.8, 4) is 11.5 Å². The Labute approximate surface area is 215 Å². The van der Waals surface area contributed by atoms with Gasteiger partial charge in [-0.3, -0.25) is 9.69 Å². The lowest BCUT2D eigenvalue weighted by Crippen LogP contribution is -2.30. The largest absolute Gasteiger partial charge is 0.493 e. The van der Waals surface area contributed by atoms with E-state index in [-0.39, 0.29) is 18.8 Å². The molecule has 1 saturated heterocycles. The van der Waals surface area contributed by atoms with Gasteiger partial charge in [0.2, 0.25) is 0 Å². The van der Waals surface area contributed by atoms with Gasteiger partial charge in [0.05, 0.1) is 13.7 Å². The van der Waals surface area contributed by atoms with Gasteiger partial charge in [0.1, 0.15) is 12.3 Å². The molecule has 0 radical (unpaired) electrons. The summed E-state index contributed by atoms with van der Waals surface area (Å²) in [6, 6.07) is 17.5. The summed E-state index contributed by atoms with van der Waals surface area (Å²) < 4.78 is 12.0. The molecule has 1 aliphatic rings. The second-order valence-corrected chi connectivity index (χ2v) is 9.11. The minimum Gasteiger partial charge on any atom is -0.493 e. The molecule has 0 aromatic heterocycles. The molecule has 0 atom stereocenters. The van der Waals surface area contributed by atoms with Crippen molar-refractivity contribution in [2.45, 2.75) is 13.2 Å². The van der Waals surface area contributed by atoms with Crippen molar-refractivity contribution < 1.29 is 19.1 Å². The summed E-state index contributed by atoms with van der Waals surface area (Å²) in [4.78, 5) is 26.4. The maximum absolute atomic E-state index is 12.9. The quantitative estimate of drug-likeness (QED) is 0.266. The fourth-order valence-corrected chi connectivity index (χ4v) is 4.26. The Morgan fingerprint density at radius 3 is 2.50 bits per heavy atom. The summed E-state index contributed by atoms with van der Waals surface area (Å²) in [5, 5.41) is 3.69. The lowest BCUT2D eigenvalue weighted by Gasteiger charge is -2.14. The molecular weight excluding hydrogens is 543 g/mol. The predicted octanol–water partition coefficient (Wildman–Crippen LogP) is 6.44. The standard InChI is InChI=1S/C25H19BrCl2N2O4/c1-33-22-10-17(19(26)12-23(22)34-14-16-7-8-18(27)11-20(16)28)9-21-24(31)30(25(32)29-21)13-15-5-3-2-4-6-15/h2-12H,13-14H2,1H3,(H,29,32)/b21-9+. The fourth-order valence-electron chi connectivity index (χ4n) is 3.36. The fraction of sp³-hybridized carbons (Fsp3) is 0.120. The molecule has 0 spiro atoms. The third kappa shape index (κ3) is 5.38. The number of halogens is 3. The zero-order valence-electron chi connectivity index (χ0n) is 18.0. The number of amides is 3. The van der Waals surface area contributed by atoms with Crippen LogP contribution in [0.2, 0.25) is 10.0 Å². The van der Waals surface area contributed by atoms with Gasteiger partial charge in [-0.15, -0.1) is 0 Å². The van der Waals surface area contributed by atoms with Gasteiger partial charge in [-0.2, -0.15) is 0 Å². The Hall–Kier alpha value is -3.00. The number of methoxy groups -OCH3 is 1. The molecule has 4 rings (SSSR count). The maximum atomic E-state index is 12.9. The molecule has 0 bridgehead atoms. The van der Waals surface area contributed by atoms with Gasteiger partial charge in [0.15, 0.2) is 11.5 Å². The second-order valence-electron chi connectivity index (χ2n) is 7.41. The Bertz CT molecular complexity index is 1280. The number of hydrogen-bond acceptors (Lipinski definition) is 4. The van der Waals surface area contributed by atoms with Crippen LogP contribution in [0.1, 0.15) is 16.7 Å². The van der Waals surface area contributed by atoms with Gasteiger partial charge in [-0.25, -0.2) is 4.79 Å². The highest BCUT2D eigenvalue weighted by molar-refractivity contribution is 9.10. The molecule has 1 N–H and O–H groups in total. The van der Waals surface area contributed by atoms with E-state index in [0.29, 0.717) is 31.6 Å². The summed E-state index contributed by atoms with van der Waals surface area (Å²) in [7, 11) is 1.52. The van der Waals surface area contributed by atoms with E-state index < -0.39 is 11.9 Å². The first-order valence-electron chi connectivity index (χ1n) is 10.2. The molecule has 9 heteroatoms. The van der Waals surface area contributed by atoms with Gasteiger partial charge in [-0.05, 0) is 41.5 Å². The SMILES string of the molecule is COc1cc(/C=C2/NC(=O)N(Cc3ccccc3)C2=O)c(Br)cc1OCc1ccc(Cl)cc1Cl. The maximum Gasteiger partial charge on any atom is 0.329 e. The normalized spacial score (nSPS) is 14.5. The van der Waals surface area contributed by atoms with E-state index in [9.17, 15) is 9.59 Å². The third-order valence-electron chi connectivity index (χ3n) is 5.13. The predicted molar refractivity (Wildman–Crippen MR) is 135 cm³/mol. The Kier molecular flexibility index (Phi) is 7.46. The number of urea groups is 1. The zero-order chi connectivity index (χ0) is 24.2. The lowest BCUT2D eigenvalue weighted by atomic mass is 10.1. The van der Waals surface area contributed by atoms with Crippen molar-refractivity contribution in [1.82, 2.24) is 10.2 Å². The highest BCUT2D eigenvalue weighted by atomic mass is 79.9. The minimum absolute atomic E-state index is 0.172. The van der Waals surface area contributed by atoms with Gasteiger partial charge in [0, 0.05) is 20.1 Å². The monoisotopic (exact) mass is 560 g/mol. The van der Waals surface area contributed by atoms with Gasteiger partial charge < -0.3 is 14.8 Å². The molecule has 34 heavy (non-hydrogen) atoms. The number of ether oxygens (including phenoxy) is 2. The van der Waals surface area contributed by atoms with Crippen molar-refractivity contribution >= 4 is 57.1 Å². The molecule has 174 valence electrons. The summed E-state index contributed by atoms with van der Waals surface area (Å²) in [5.41, 5.74) is 2.44. The van der Waals surface area contributed by atoms with Crippen LogP contribution in [0.25, 0.3) is 6.08 Å². The van der Waals surface area contributed by atoms with Crippen LogP contribution in [0, 0.1) is 0 Å². The third-order valence-corrected chi connectivity index (χ3v) is 6.40. The number of carbonyl (C=O) groups excluding carboxylic acids is 2. The Balaban J connectivity index is 1.54. The van der Waals surface area contributed by atoms with Gasteiger partial charge in [-0.1, -0.05) is 75.5 Å². The second kappa shape index (κ2) is 10.5. The summed E-state index contributed by atoms with van der Waals surface area (Å²) in [6.07, 6.45) is 1.59. The van der Waals surface area contributed by atoms with Crippen LogP contribution in [0.4, 0.5) is 4.79 Å². The zero-order valence-corrected chi connectivity index (χ0v) is 21.1. The van der Waals surface area contributed by atoms with E-state index in [4.69, 9.17) is 32.7 Å². The van der Waals surface area contributed by atoms with Crippen molar-refractivity contribution in [3.05, 3.63) is 97.6 Å². The minimum atomic E-state index is -0.469. The van der Waals surface area contributed by atoms with E-state index >= 15 is 0 Å². The lowest BCUT2D eigenvalue weighted by molar-refractivity contribution is -0.123. The number of rotatable bonds is 7. The Morgan fingerprint density at radius 1 is 1.03 bits per heavy atom. The first kappa shape index (κ1) is 24.1. The number of nitrogens with one attached hydrogen (secondary N) is 1. The average molecular weight is 562 g/mol. The van der Waals surface area contributed by atoms with Crippen LogP contribution in [-0.2, 0) is 17.9 Å².